The smallest absolute Gasteiger partial charge is 0.153 e. The van der Waals surface area contributed by atoms with E-state index in [0.29, 0.717) is 0 Å². The minimum atomic E-state index is 0.731. The van der Waals surface area contributed by atoms with E-state index in [1.165, 1.54) is 11.5 Å². The molecule has 0 aliphatic carbocycles. The molecule has 0 fully saturated rings. The lowest BCUT2D eigenvalue weighted by atomic mass is 10.2. The van der Waals surface area contributed by atoms with Crippen LogP contribution in [0.15, 0.2) is 42.6 Å². The molecule has 0 aliphatic heterocycles. The van der Waals surface area contributed by atoms with E-state index in [1.54, 1.807) is 6.20 Å². The number of nitrogens with one attached hydrogen (secondary N) is 1. The Morgan fingerprint density at radius 2 is 2.06 bits per heavy atom. The number of nitrogens with zero attached hydrogens (tertiary/aromatic N) is 2. The van der Waals surface area contributed by atoms with Crippen molar-refractivity contribution < 1.29 is 0 Å². The van der Waals surface area contributed by atoms with Crippen LogP contribution < -0.4 is 5.32 Å². The molecule has 0 aliphatic rings. The largest absolute Gasteiger partial charge is 0.324 e. The van der Waals surface area contributed by atoms with E-state index in [1.807, 2.05) is 36.4 Å². The fourth-order valence-electron chi connectivity index (χ4n) is 1.58. The molecule has 0 radical (unpaired) electrons. The topological polar surface area (TPSA) is 37.8 Å². The Kier molecular flexibility index (Phi) is 2.66. The van der Waals surface area contributed by atoms with Crippen LogP contribution in [-0.2, 0) is 0 Å². The van der Waals surface area contributed by atoms with Gasteiger partial charge in [0.15, 0.2) is 5.82 Å². The second kappa shape index (κ2) is 4.31. The first-order valence-electron chi connectivity index (χ1n) is 5.06. The molecule has 0 spiro atoms. The summed E-state index contributed by atoms with van der Waals surface area (Å²) in [6.45, 7) is 0. The molecule has 1 aromatic carbocycles. The highest BCUT2D eigenvalue weighted by atomic mass is 35.5. The number of hydrogen-bond donors (Lipinski definition) is 1. The lowest BCUT2D eigenvalue weighted by Gasteiger charge is -2.01. The first-order chi connectivity index (χ1) is 8.34. The normalized spacial score (nSPS) is 10.6. The molecule has 0 saturated heterocycles. The maximum atomic E-state index is 6.10. The van der Waals surface area contributed by atoms with Crippen LogP contribution in [0.2, 0.25) is 5.02 Å². The molecule has 3 nitrogen and oxygen atoms in total. The summed E-state index contributed by atoms with van der Waals surface area (Å²) in [5, 5.41) is 4.94. The summed E-state index contributed by atoms with van der Waals surface area (Å²) in [6.07, 6.45) is 1.74. The summed E-state index contributed by atoms with van der Waals surface area (Å²) < 4.78 is 5.35. The van der Waals surface area contributed by atoms with Gasteiger partial charge in [-0.05, 0) is 35.8 Å². The zero-order chi connectivity index (χ0) is 11.7. The highest BCUT2D eigenvalue weighted by Gasteiger charge is 2.08. The van der Waals surface area contributed by atoms with Crippen LogP contribution in [0.3, 0.4) is 0 Å². The lowest BCUT2D eigenvalue weighted by molar-refractivity contribution is 1.30. The van der Waals surface area contributed by atoms with Crippen LogP contribution in [0.25, 0.3) is 10.1 Å². The molecule has 1 N–H and O–H groups in total. The highest BCUT2D eigenvalue weighted by molar-refractivity contribution is 7.14. The Hall–Kier alpha value is -1.65. The van der Waals surface area contributed by atoms with Gasteiger partial charge in [-0.2, -0.15) is 4.37 Å². The summed E-state index contributed by atoms with van der Waals surface area (Å²) in [5.74, 6) is 1.57. The molecule has 3 rings (SSSR count). The zero-order valence-corrected chi connectivity index (χ0v) is 10.3. The van der Waals surface area contributed by atoms with Gasteiger partial charge in [0.2, 0.25) is 0 Å². The minimum absolute atomic E-state index is 0.731. The summed E-state index contributed by atoms with van der Waals surface area (Å²) in [5.41, 5.74) is 0. The fraction of sp³-hybridized carbons (Fsp3) is 0. The Morgan fingerprint density at radius 1 is 1.12 bits per heavy atom. The third-order valence-corrected chi connectivity index (χ3v) is 3.68. The minimum Gasteiger partial charge on any atom is -0.324 e. The number of hydrogen-bond acceptors (Lipinski definition) is 4. The van der Waals surface area contributed by atoms with Crippen LogP contribution >= 0.6 is 23.1 Å². The molecule has 2 heterocycles. The van der Waals surface area contributed by atoms with Crippen LogP contribution in [0.1, 0.15) is 0 Å². The summed E-state index contributed by atoms with van der Waals surface area (Å²) in [6, 6.07) is 11.5. The zero-order valence-electron chi connectivity index (χ0n) is 8.72. The Bertz CT molecular complexity index is 651. The Labute approximate surface area is 107 Å². The van der Waals surface area contributed by atoms with Gasteiger partial charge in [0.1, 0.15) is 5.82 Å². The number of halogens is 1. The molecular weight excluding hydrogens is 254 g/mol. The van der Waals surface area contributed by atoms with Crippen molar-refractivity contribution in [2.24, 2.45) is 0 Å². The van der Waals surface area contributed by atoms with Gasteiger partial charge < -0.3 is 5.32 Å². The van der Waals surface area contributed by atoms with E-state index in [4.69, 9.17) is 11.6 Å². The molecule has 0 atom stereocenters. The first kappa shape index (κ1) is 10.5. The highest BCUT2D eigenvalue weighted by Crippen LogP contribution is 2.33. The standard InChI is InChI=1S/C12H8ClN3S/c13-9-5-3-4-8-11(9)17-16-12(8)15-10-6-1-2-7-14-10/h1-7H,(H,14,15,16). The van der Waals surface area contributed by atoms with E-state index in [9.17, 15) is 0 Å². The molecule has 5 heteroatoms. The van der Waals surface area contributed by atoms with Crippen molar-refractivity contribution in [3.8, 4) is 0 Å². The number of aromatic nitrogens is 2. The predicted molar refractivity (Wildman–Crippen MR) is 72.1 cm³/mol. The Balaban J connectivity index is 2.05. The molecule has 0 amide bonds. The van der Waals surface area contributed by atoms with Gasteiger partial charge in [0, 0.05) is 11.6 Å². The van der Waals surface area contributed by atoms with Gasteiger partial charge in [-0.3, -0.25) is 0 Å². The van der Waals surface area contributed by atoms with Crippen molar-refractivity contribution in [3.05, 3.63) is 47.6 Å². The van der Waals surface area contributed by atoms with E-state index < -0.39 is 0 Å². The number of pyridine rings is 1. The number of fused-ring (bicyclic) bond motifs is 1. The van der Waals surface area contributed by atoms with Crippen molar-refractivity contribution in [3.63, 3.8) is 0 Å². The van der Waals surface area contributed by atoms with Crippen molar-refractivity contribution in [2.45, 2.75) is 0 Å². The third kappa shape index (κ3) is 1.97. The average Bonchev–Trinajstić information content (AvgIpc) is 2.76. The maximum absolute atomic E-state index is 6.10. The number of anilines is 2. The Morgan fingerprint density at radius 3 is 2.88 bits per heavy atom. The summed E-state index contributed by atoms with van der Waals surface area (Å²) >= 11 is 7.49. The van der Waals surface area contributed by atoms with Gasteiger partial charge in [-0.15, -0.1) is 0 Å². The van der Waals surface area contributed by atoms with E-state index >= 15 is 0 Å². The number of benzene rings is 1. The molecular formula is C12H8ClN3S. The summed E-state index contributed by atoms with van der Waals surface area (Å²) in [4.78, 5) is 4.20. The molecule has 3 aromatic rings. The first-order valence-corrected chi connectivity index (χ1v) is 6.22. The van der Waals surface area contributed by atoms with Gasteiger partial charge in [-0.25, -0.2) is 4.98 Å². The number of rotatable bonds is 2. The van der Waals surface area contributed by atoms with Crippen LogP contribution in [-0.4, -0.2) is 9.36 Å². The maximum Gasteiger partial charge on any atom is 0.153 e. The molecule has 0 bridgehead atoms. The summed E-state index contributed by atoms with van der Waals surface area (Å²) in [7, 11) is 0. The quantitative estimate of drug-likeness (QED) is 0.755. The van der Waals surface area contributed by atoms with Crippen LogP contribution in [0, 0.1) is 0 Å². The molecule has 84 valence electrons. The molecule has 2 aromatic heterocycles. The fourth-order valence-corrected chi connectivity index (χ4v) is 2.60. The second-order valence-corrected chi connectivity index (χ2v) is 4.67. The van der Waals surface area contributed by atoms with E-state index in [2.05, 4.69) is 14.7 Å². The average molecular weight is 262 g/mol. The van der Waals surface area contributed by atoms with Gasteiger partial charge in [0.05, 0.1) is 9.72 Å². The second-order valence-electron chi connectivity index (χ2n) is 3.49. The molecule has 0 saturated carbocycles. The monoisotopic (exact) mass is 261 g/mol. The van der Waals surface area contributed by atoms with Gasteiger partial charge in [-0.1, -0.05) is 23.7 Å². The van der Waals surface area contributed by atoms with Crippen molar-refractivity contribution >= 4 is 44.9 Å². The lowest BCUT2D eigenvalue weighted by Crippen LogP contribution is -1.92. The molecule has 17 heavy (non-hydrogen) atoms. The SMILES string of the molecule is Clc1cccc2c(Nc3ccccn3)nsc12. The predicted octanol–water partition coefficient (Wildman–Crippen LogP) is 4.09. The van der Waals surface area contributed by atoms with Crippen LogP contribution in [0.4, 0.5) is 11.6 Å². The van der Waals surface area contributed by atoms with Gasteiger partial charge >= 0.3 is 0 Å². The van der Waals surface area contributed by atoms with E-state index in [0.717, 1.165) is 26.7 Å². The van der Waals surface area contributed by atoms with Crippen LogP contribution in [0.5, 0.6) is 0 Å². The van der Waals surface area contributed by atoms with Gasteiger partial charge in [0.25, 0.3) is 0 Å². The molecule has 0 unspecified atom stereocenters. The van der Waals surface area contributed by atoms with E-state index in [-0.39, 0.29) is 0 Å². The van der Waals surface area contributed by atoms with Crippen molar-refractivity contribution in [1.82, 2.24) is 9.36 Å². The van der Waals surface area contributed by atoms with Crippen molar-refractivity contribution in [2.75, 3.05) is 5.32 Å². The third-order valence-electron chi connectivity index (χ3n) is 2.36. The van der Waals surface area contributed by atoms with Crippen molar-refractivity contribution in [1.29, 1.82) is 0 Å².